The van der Waals surface area contributed by atoms with Crippen LogP contribution in [0.1, 0.15) is 58.1 Å². The van der Waals surface area contributed by atoms with Crippen LogP contribution in [-0.2, 0) is 0 Å². The molecule has 102 valence electrons. The standard InChI is InChI=1S/C17H21N.CH4/c1-12(2)15-9-16(13(3)4)11-17(10-15)14-5-7-18-8-6-14;/h5-13H,1-4H3;1H4. The SMILES string of the molecule is C.CC(C)c1cc(-c2ccncc2)cc(C(C)C)c1. The largest absolute Gasteiger partial charge is 0.265 e. The Morgan fingerprint density at radius 1 is 0.737 bits per heavy atom. The van der Waals surface area contributed by atoms with Crippen molar-refractivity contribution >= 4 is 0 Å². The van der Waals surface area contributed by atoms with Crippen LogP contribution in [0.3, 0.4) is 0 Å². The van der Waals surface area contributed by atoms with Crippen LogP contribution < -0.4 is 0 Å². The minimum absolute atomic E-state index is 0. The molecule has 1 aromatic carbocycles. The van der Waals surface area contributed by atoms with E-state index in [1.165, 1.54) is 22.3 Å². The molecule has 2 rings (SSSR count). The van der Waals surface area contributed by atoms with Crippen molar-refractivity contribution in [1.29, 1.82) is 0 Å². The van der Waals surface area contributed by atoms with Gasteiger partial charge in [0, 0.05) is 12.4 Å². The van der Waals surface area contributed by atoms with Crippen LogP contribution in [0.25, 0.3) is 11.1 Å². The minimum atomic E-state index is 0. The van der Waals surface area contributed by atoms with Crippen LogP contribution in [0.5, 0.6) is 0 Å². The van der Waals surface area contributed by atoms with E-state index >= 15 is 0 Å². The van der Waals surface area contributed by atoms with Crippen LogP contribution >= 0.6 is 0 Å². The van der Waals surface area contributed by atoms with E-state index in [1.807, 2.05) is 12.4 Å². The molecule has 0 aliphatic carbocycles. The van der Waals surface area contributed by atoms with E-state index in [-0.39, 0.29) is 7.43 Å². The maximum absolute atomic E-state index is 4.09. The average molecular weight is 255 g/mol. The Bertz CT molecular complexity index is 486. The topological polar surface area (TPSA) is 12.9 Å². The van der Waals surface area contributed by atoms with Crippen molar-refractivity contribution in [2.24, 2.45) is 0 Å². The molecule has 0 saturated heterocycles. The summed E-state index contributed by atoms with van der Waals surface area (Å²) in [6.07, 6.45) is 3.71. The van der Waals surface area contributed by atoms with Crippen LogP contribution in [0.4, 0.5) is 0 Å². The second-order valence-corrected chi connectivity index (χ2v) is 5.43. The second-order valence-electron chi connectivity index (χ2n) is 5.43. The van der Waals surface area contributed by atoms with Crippen LogP contribution in [0.2, 0.25) is 0 Å². The monoisotopic (exact) mass is 255 g/mol. The molecule has 0 saturated carbocycles. The number of hydrogen-bond acceptors (Lipinski definition) is 1. The van der Waals surface area contributed by atoms with Gasteiger partial charge in [0.2, 0.25) is 0 Å². The summed E-state index contributed by atoms with van der Waals surface area (Å²) in [5, 5.41) is 0. The first-order valence-corrected chi connectivity index (χ1v) is 6.63. The zero-order valence-electron chi connectivity index (χ0n) is 11.6. The highest BCUT2D eigenvalue weighted by Crippen LogP contribution is 2.28. The summed E-state index contributed by atoms with van der Waals surface area (Å²) in [4.78, 5) is 4.09. The van der Waals surface area contributed by atoms with Crippen LogP contribution in [0, 0.1) is 0 Å². The highest BCUT2D eigenvalue weighted by Gasteiger charge is 2.08. The number of rotatable bonds is 3. The molecule has 0 radical (unpaired) electrons. The van der Waals surface area contributed by atoms with Gasteiger partial charge in [-0.05, 0) is 46.2 Å². The highest BCUT2D eigenvalue weighted by atomic mass is 14.6. The minimum Gasteiger partial charge on any atom is -0.265 e. The zero-order chi connectivity index (χ0) is 13.1. The van der Waals surface area contributed by atoms with Crippen molar-refractivity contribution in [3.63, 3.8) is 0 Å². The van der Waals surface area contributed by atoms with Gasteiger partial charge in [0.15, 0.2) is 0 Å². The first-order chi connectivity index (χ1) is 8.58. The van der Waals surface area contributed by atoms with E-state index in [0.29, 0.717) is 11.8 Å². The predicted molar refractivity (Wildman–Crippen MR) is 84.6 cm³/mol. The fourth-order valence-corrected chi connectivity index (χ4v) is 2.05. The Morgan fingerprint density at radius 2 is 1.21 bits per heavy atom. The smallest absolute Gasteiger partial charge is 0.0273 e. The summed E-state index contributed by atoms with van der Waals surface area (Å²) in [5.74, 6) is 1.12. The van der Waals surface area contributed by atoms with Gasteiger partial charge in [-0.15, -0.1) is 0 Å². The van der Waals surface area contributed by atoms with E-state index in [1.54, 1.807) is 0 Å². The van der Waals surface area contributed by atoms with Crippen molar-refractivity contribution in [3.8, 4) is 11.1 Å². The van der Waals surface area contributed by atoms with Crippen molar-refractivity contribution < 1.29 is 0 Å². The Hall–Kier alpha value is -1.63. The van der Waals surface area contributed by atoms with Gasteiger partial charge in [-0.2, -0.15) is 0 Å². The summed E-state index contributed by atoms with van der Waals surface area (Å²) in [6.45, 7) is 8.98. The van der Waals surface area contributed by atoms with Crippen molar-refractivity contribution in [3.05, 3.63) is 53.9 Å². The zero-order valence-corrected chi connectivity index (χ0v) is 11.6. The van der Waals surface area contributed by atoms with E-state index in [0.717, 1.165) is 0 Å². The van der Waals surface area contributed by atoms with Gasteiger partial charge in [-0.3, -0.25) is 4.98 Å². The molecule has 1 aromatic heterocycles. The first kappa shape index (κ1) is 15.4. The summed E-state index contributed by atoms with van der Waals surface area (Å²) in [6, 6.07) is 11.1. The summed E-state index contributed by atoms with van der Waals surface area (Å²) >= 11 is 0. The molecule has 0 bridgehead atoms. The van der Waals surface area contributed by atoms with Crippen molar-refractivity contribution in [1.82, 2.24) is 4.98 Å². The lowest BCUT2D eigenvalue weighted by atomic mass is 9.91. The normalized spacial score (nSPS) is 10.6. The Kier molecular flexibility index (Phi) is 5.29. The quantitative estimate of drug-likeness (QED) is 0.692. The molecule has 1 heterocycles. The summed E-state index contributed by atoms with van der Waals surface area (Å²) in [5.41, 5.74) is 5.36. The number of pyridine rings is 1. The average Bonchev–Trinajstić information content (AvgIpc) is 2.39. The maximum atomic E-state index is 4.09. The maximum Gasteiger partial charge on any atom is 0.0273 e. The number of hydrogen-bond donors (Lipinski definition) is 0. The third-order valence-electron chi connectivity index (χ3n) is 3.32. The lowest BCUT2D eigenvalue weighted by molar-refractivity contribution is 0.834. The molecule has 1 nitrogen and oxygen atoms in total. The van der Waals surface area contributed by atoms with Gasteiger partial charge in [-0.1, -0.05) is 53.3 Å². The van der Waals surface area contributed by atoms with Crippen molar-refractivity contribution in [2.45, 2.75) is 47.0 Å². The third-order valence-corrected chi connectivity index (χ3v) is 3.32. The third kappa shape index (κ3) is 3.66. The van der Waals surface area contributed by atoms with E-state index in [4.69, 9.17) is 0 Å². The number of aromatic nitrogens is 1. The molecule has 0 spiro atoms. The number of nitrogens with zero attached hydrogens (tertiary/aromatic N) is 1. The lowest BCUT2D eigenvalue weighted by Crippen LogP contribution is -1.95. The molecular weight excluding hydrogens is 230 g/mol. The van der Waals surface area contributed by atoms with Gasteiger partial charge in [0.05, 0.1) is 0 Å². The molecule has 0 unspecified atom stereocenters. The van der Waals surface area contributed by atoms with E-state index in [2.05, 4.69) is 63.0 Å². The van der Waals surface area contributed by atoms with Gasteiger partial charge in [0.25, 0.3) is 0 Å². The van der Waals surface area contributed by atoms with Crippen LogP contribution in [0.15, 0.2) is 42.7 Å². The summed E-state index contributed by atoms with van der Waals surface area (Å²) < 4.78 is 0. The molecule has 0 aliphatic heterocycles. The van der Waals surface area contributed by atoms with Gasteiger partial charge < -0.3 is 0 Å². The van der Waals surface area contributed by atoms with E-state index < -0.39 is 0 Å². The highest BCUT2D eigenvalue weighted by molar-refractivity contribution is 5.65. The molecule has 0 N–H and O–H groups in total. The molecule has 0 amide bonds. The summed E-state index contributed by atoms with van der Waals surface area (Å²) in [7, 11) is 0. The number of benzene rings is 1. The lowest BCUT2D eigenvalue weighted by Gasteiger charge is -2.14. The molecule has 1 heteroatoms. The second kappa shape index (κ2) is 6.51. The van der Waals surface area contributed by atoms with Gasteiger partial charge in [-0.25, -0.2) is 0 Å². The molecule has 0 fully saturated rings. The molecular formula is C18H25N. The van der Waals surface area contributed by atoms with E-state index in [9.17, 15) is 0 Å². The Morgan fingerprint density at radius 3 is 1.63 bits per heavy atom. The van der Waals surface area contributed by atoms with Crippen LogP contribution in [-0.4, -0.2) is 4.98 Å². The predicted octanol–water partition coefficient (Wildman–Crippen LogP) is 5.63. The fraction of sp³-hybridized carbons (Fsp3) is 0.389. The Labute approximate surface area is 117 Å². The fourth-order valence-electron chi connectivity index (χ4n) is 2.05. The molecule has 19 heavy (non-hydrogen) atoms. The first-order valence-electron chi connectivity index (χ1n) is 6.63. The molecule has 0 aliphatic rings. The van der Waals surface area contributed by atoms with Gasteiger partial charge in [0.1, 0.15) is 0 Å². The van der Waals surface area contributed by atoms with Gasteiger partial charge >= 0.3 is 0 Å². The van der Waals surface area contributed by atoms with Crippen molar-refractivity contribution in [2.75, 3.05) is 0 Å². The molecule has 2 aromatic rings. The molecule has 0 atom stereocenters. The Balaban J connectivity index is 0.00000180.